The van der Waals surface area contributed by atoms with E-state index in [1.54, 1.807) is 13.8 Å². The zero-order valence-corrected chi connectivity index (χ0v) is 19.2. The van der Waals surface area contributed by atoms with E-state index in [9.17, 15) is 19.7 Å². The Balaban J connectivity index is 1.88. The first kappa shape index (κ1) is 24.0. The van der Waals surface area contributed by atoms with E-state index >= 15 is 0 Å². The van der Waals surface area contributed by atoms with E-state index in [1.165, 1.54) is 62.4 Å². The number of non-ortho nitro benzene ring substituents is 1. The van der Waals surface area contributed by atoms with Crippen molar-refractivity contribution >= 4 is 17.3 Å². The third-order valence-electron chi connectivity index (χ3n) is 5.00. The molecule has 178 valence electrons. The second kappa shape index (κ2) is 9.90. The molecule has 3 aromatic rings. The highest BCUT2D eigenvalue weighted by Gasteiger charge is 2.19. The van der Waals surface area contributed by atoms with Crippen molar-refractivity contribution in [1.82, 2.24) is 15.2 Å². The first-order valence-corrected chi connectivity index (χ1v) is 9.93. The Morgan fingerprint density at radius 3 is 2.18 bits per heavy atom. The molecule has 3 rings (SSSR count). The molecule has 0 aliphatic carbocycles. The summed E-state index contributed by atoms with van der Waals surface area (Å²) in [5.74, 6) is 0.402. The lowest BCUT2D eigenvalue weighted by atomic mass is 10.1. The van der Waals surface area contributed by atoms with Gasteiger partial charge in [0.15, 0.2) is 11.5 Å². The fourth-order valence-corrected chi connectivity index (χ4v) is 3.35. The molecule has 12 heteroatoms. The predicted molar refractivity (Wildman–Crippen MR) is 124 cm³/mol. The number of carbonyl (C=O) groups excluding carboxylic acids is 1. The van der Waals surface area contributed by atoms with Crippen molar-refractivity contribution in [2.75, 3.05) is 21.3 Å². The maximum Gasteiger partial charge on any atom is 0.280 e. The van der Waals surface area contributed by atoms with E-state index in [-0.39, 0.29) is 22.5 Å². The molecule has 12 nitrogen and oxygen atoms in total. The van der Waals surface area contributed by atoms with Crippen LogP contribution in [0.2, 0.25) is 0 Å². The van der Waals surface area contributed by atoms with Crippen LogP contribution in [0.5, 0.6) is 17.2 Å². The fourth-order valence-electron chi connectivity index (χ4n) is 3.35. The van der Waals surface area contributed by atoms with Gasteiger partial charge in [-0.3, -0.25) is 24.8 Å². The molecule has 0 saturated carbocycles. The molecule has 34 heavy (non-hydrogen) atoms. The van der Waals surface area contributed by atoms with Crippen LogP contribution in [-0.4, -0.2) is 47.7 Å². The summed E-state index contributed by atoms with van der Waals surface area (Å²) in [7, 11) is 4.33. The average Bonchev–Trinajstić information content (AvgIpc) is 3.14. The Kier molecular flexibility index (Phi) is 7.00. The maximum atomic E-state index is 13.0. The number of nitro groups is 1. The van der Waals surface area contributed by atoms with Crippen molar-refractivity contribution in [2.45, 2.75) is 13.8 Å². The van der Waals surface area contributed by atoms with Gasteiger partial charge in [0, 0.05) is 23.4 Å². The third-order valence-corrected chi connectivity index (χ3v) is 5.00. The van der Waals surface area contributed by atoms with Gasteiger partial charge in [0.05, 0.1) is 43.2 Å². The van der Waals surface area contributed by atoms with Crippen LogP contribution in [0.15, 0.2) is 46.3 Å². The van der Waals surface area contributed by atoms with Crippen molar-refractivity contribution in [3.63, 3.8) is 0 Å². The number of nitrogens with zero attached hydrogens (tertiary/aromatic N) is 3. The Labute approximate surface area is 193 Å². The van der Waals surface area contributed by atoms with Crippen LogP contribution in [0.4, 0.5) is 5.69 Å². The van der Waals surface area contributed by atoms with Gasteiger partial charge in [0.2, 0.25) is 5.75 Å². The summed E-state index contributed by atoms with van der Waals surface area (Å²) < 4.78 is 17.0. The number of rotatable bonds is 8. The fraction of sp³-hybridized carbons (Fsp3) is 0.227. The van der Waals surface area contributed by atoms with Crippen molar-refractivity contribution in [3.8, 4) is 22.9 Å². The molecule has 0 saturated heterocycles. The molecule has 0 bridgehead atoms. The van der Waals surface area contributed by atoms with Crippen LogP contribution < -0.4 is 25.2 Å². The van der Waals surface area contributed by atoms with Gasteiger partial charge in [-0.2, -0.15) is 5.10 Å². The smallest absolute Gasteiger partial charge is 0.280 e. The van der Waals surface area contributed by atoms with E-state index in [0.29, 0.717) is 28.6 Å². The minimum absolute atomic E-state index is 0.0902. The SMILES string of the molecule is COc1cc(C(=O)N/N=C(\C)c2c(C)[nH]n(-c3ccc([N+](=O)[O-])cc3)c2=O)cc(OC)c1OC. The van der Waals surface area contributed by atoms with Crippen LogP contribution in [-0.2, 0) is 0 Å². The minimum Gasteiger partial charge on any atom is -0.493 e. The van der Waals surface area contributed by atoms with E-state index in [1.807, 2.05) is 0 Å². The number of amides is 1. The molecule has 0 aliphatic heterocycles. The lowest BCUT2D eigenvalue weighted by Gasteiger charge is -2.13. The molecule has 1 aromatic heterocycles. The van der Waals surface area contributed by atoms with Gasteiger partial charge < -0.3 is 14.2 Å². The van der Waals surface area contributed by atoms with Gasteiger partial charge in [0.25, 0.3) is 17.2 Å². The van der Waals surface area contributed by atoms with Crippen molar-refractivity contribution in [3.05, 3.63) is 73.7 Å². The number of ether oxygens (including phenoxy) is 3. The van der Waals surface area contributed by atoms with Crippen molar-refractivity contribution in [2.24, 2.45) is 5.10 Å². The number of benzene rings is 2. The van der Waals surface area contributed by atoms with Crippen LogP contribution >= 0.6 is 0 Å². The van der Waals surface area contributed by atoms with Gasteiger partial charge >= 0.3 is 0 Å². The van der Waals surface area contributed by atoms with Crippen LogP contribution in [0.3, 0.4) is 0 Å². The number of aromatic nitrogens is 2. The van der Waals surface area contributed by atoms with Crippen LogP contribution in [0.25, 0.3) is 5.69 Å². The number of aryl methyl sites for hydroxylation is 1. The molecule has 1 amide bonds. The quantitative estimate of drug-likeness (QED) is 0.292. The number of H-pyrrole nitrogens is 1. The van der Waals surface area contributed by atoms with Crippen LogP contribution in [0.1, 0.15) is 28.5 Å². The van der Waals surface area contributed by atoms with Gasteiger partial charge in [-0.1, -0.05) is 0 Å². The zero-order chi connectivity index (χ0) is 25.0. The number of hydrogen-bond donors (Lipinski definition) is 2. The molecule has 2 N–H and O–H groups in total. The third kappa shape index (κ3) is 4.60. The number of hydrogen-bond acceptors (Lipinski definition) is 8. The molecule has 0 fully saturated rings. The number of carbonyl (C=O) groups is 1. The minimum atomic E-state index is -0.553. The van der Waals surface area contributed by atoms with Crippen molar-refractivity contribution < 1.29 is 23.9 Å². The topological polar surface area (TPSA) is 150 Å². The predicted octanol–water partition coefficient (Wildman–Crippen LogP) is 2.56. The average molecular weight is 469 g/mol. The van der Waals surface area contributed by atoms with E-state index in [0.717, 1.165) is 0 Å². The van der Waals surface area contributed by atoms with E-state index in [4.69, 9.17) is 14.2 Å². The van der Waals surface area contributed by atoms with Gasteiger partial charge in [-0.25, -0.2) is 10.1 Å². The summed E-state index contributed by atoms with van der Waals surface area (Å²) >= 11 is 0. The Morgan fingerprint density at radius 1 is 1.09 bits per heavy atom. The highest BCUT2D eigenvalue weighted by atomic mass is 16.6. The summed E-state index contributed by atoms with van der Waals surface area (Å²) in [5.41, 5.74) is 3.56. The highest BCUT2D eigenvalue weighted by Crippen LogP contribution is 2.38. The second-order valence-electron chi connectivity index (χ2n) is 7.08. The molecular weight excluding hydrogens is 446 g/mol. The number of nitrogens with one attached hydrogen (secondary N) is 2. The summed E-state index contributed by atoms with van der Waals surface area (Å²) in [6.45, 7) is 3.26. The summed E-state index contributed by atoms with van der Waals surface area (Å²) in [6.07, 6.45) is 0. The van der Waals surface area contributed by atoms with E-state index in [2.05, 4.69) is 15.6 Å². The van der Waals surface area contributed by atoms with Gasteiger partial charge in [-0.05, 0) is 38.1 Å². The lowest BCUT2D eigenvalue weighted by molar-refractivity contribution is -0.384. The summed E-state index contributed by atoms with van der Waals surface area (Å²) in [5, 5.41) is 17.8. The second-order valence-corrected chi connectivity index (χ2v) is 7.08. The molecule has 0 unspecified atom stereocenters. The first-order valence-electron chi connectivity index (χ1n) is 9.93. The Hall–Kier alpha value is -4.61. The molecule has 1 heterocycles. The molecule has 0 spiro atoms. The standard InChI is InChI=1S/C22H23N5O7/c1-12(23-24-21(28)14-10-17(32-3)20(34-5)18(11-14)33-4)19-13(2)25-26(22(19)29)15-6-8-16(9-7-15)27(30)31/h6-11,25H,1-5H3,(H,24,28)/b23-12+. The van der Waals surface area contributed by atoms with Gasteiger partial charge in [-0.15, -0.1) is 0 Å². The largest absolute Gasteiger partial charge is 0.493 e. The van der Waals surface area contributed by atoms with Crippen molar-refractivity contribution in [1.29, 1.82) is 0 Å². The number of methoxy groups -OCH3 is 3. The summed E-state index contributed by atoms with van der Waals surface area (Å²) in [4.78, 5) is 36.0. The number of hydrazone groups is 1. The maximum absolute atomic E-state index is 13.0. The first-order chi connectivity index (χ1) is 16.2. The normalized spacial score (nSPS) is 11.1. The molecule has 2 aromatic carbocycles. The van der Waals surface area contributed by atoms with Crippen LogP contribution in [0, 0.1) is 17.0 Å². The molecular formula is C22H23N5O7. The Morgan fingerprint density at radius 2 is 1.68 bits per heavy atom. The van der Waals surface area contributed by atoms with Gasteiger partial charge in [0.1, 0.15) is 0 Å². The molecule has 0 radical (unpaired) electrons. The highest BCUT2D eigenvalue weighted by molar-refractivity contribution is 6.01. The number of nitro benzene ring substituents is 1. The molecule has 0 aliphatic rings. The zero-order valence-electron chi connectivity index (χ0n) is 19.2. The lowest BCUT2D eigenvalue weighted by Crippen LogP contribution is -2.23. The summed E-state index contributed by atoms with van der Waals surface area (Å²) in [6, 6.07) is 8.47. The van der Waals surface area contributed by atoms with E-state index < -0.39 is 16.4 Å². The monoisotopic (exact) mass is 469 g/mol. The Bertz CT molecular complexity index is 1300. The number of aromatic amines is 1. The molecule has 0 atom stereocenters.